The van der Waals surface area contributed by atoms with E-state index in [4.69, 9.17) is 9.47 Å². The Labute approximate surface area is 267 Å². The molecule has 38 heavy (non-hydrogen) atoms. The van der Waals surface area contributed by atoms with E-state index in [0.29, 0.717) is 13.2 Å². The van der Waals surface area contributed by atoms with Gasteiger partial charge in [0, 0.05) is 10.7 Å². The molecular weight excluding hydrogens is 829 g/mol. The molecule has 0 heterocycles. The van der Waals surface area contributed by atoms with Crippen molar-refractivity contribution in [3.63, 3.8) is 0 Å². The zero-order chi connectivity index (χ0) is 26.3. The Hall–Kier alpha value is -1.76. The van der Waals surface area contributed by atoms with Crippen molar-refractivity contribution in [1.29, 1.82) is 0 Å². The highest BCUT2D eigenvalue weighted by Crippen LogP contribution is 2.33. The quantitative estimate of drug-likeness (QED) is 0.109. The number of hydrogen-bond acceptors (Lipinski definition) is 2. The van der Waals surface area contributed by atoms with Crippen molar-refractivity contribution in [1.82, 2.24) is 0 Å². The Morgan fingerprint density at radius 2 is 0.684 bits per heavy atom. The second kappa shape index (κ2) is 13.5. The number of benzene rings is 5. The summed E-state index contributed by atoms with van der Waals surface area (Å²) in [5.74, 6) is 1.75. The molecular formula is C32H24I3O2S+. The van der Waals surface area contributed by atoms with E-state index in [0.717, 1.165) is 22.6 Å². The summed E-state index contributed by atoms with van der Waals surface area (Å²) >= 11 is 7.00. The summed E-state index contributed by atoms with van der Waals surface area (Å²) in [6.45, 7) is 1.12. The molecule has 0 bridgehead atoms. The van der Waals surface area contributed by atoms with Crippen molar-refractivity contribution in [3.8, 4) is 11.5 Å². The van der Waals surface area contributed by atoms with Gasteiger partial charge < -0.3 is 9.47 Å². The van der Waals surface area contributed by atoms with Gasteiger partial charge in [-0.05, 0) is 176 Å². The summed E-state index contributed by atoms with van der Waals surface area (Å²) in [6.07, 6.45) is 0. The monoisotopic (exact) mass is 853 g/mol. The van der Waals surface area contributed by atoms with Crippen LogP contribution in [-0.4, -0.2) is 0 Å². The first-order valence-corrected chi connectivity index (χ1v) is 16.4. The minimum absolute atomic E-state index is 0.241. The van der Waals surface area contributed by atoms with Gasteiger partial charge in [0.25, 0.3) is 0 Å². The highest BCUT2D eigenvalue weighted by atomic mass is 127. The van der Waals surface area contributed by atoms with Crippen LogP contribution in [0.2, 0.25) is 0 Å². The molecule has 0 atom stereocenters. The van der Waals surface area contributed by atoms with Crippen LogP contribution in [-0.2, 0) is 24.1 Å². The molecule has 5 aromatic carbocycles. The predicted molar refractivity (Wildman–Crippen MR) is 181 cm³/mol. The fourth-order valence-electron chi connectivity index (χ4n) is 3.82. The van der Waals surface area contributed by atoms with Gasteiger partial charge in [0.05, 0.1) is 10.9 Å². The van der Waals surface area contributed by atoms with E-state index in [9.17, 15) is 0 Å². The zero-order valence-electron chi connectivity index (χ0n) is 20.3. The van der Waals surface area contributed by atoms with Gasteiger partial charge in [-0.1, -0.05) is 24.3 Å². The second-order valence-electron chi connectivity index (χ2n) is 8.53. The van der Waals surface area contributed by atoms with Crippen LogP contribution < -0.4 is 9.47 Å². The van der Waals surface area contributed by atoms with Gasteiger partial charge in [0.1, 0.15) is 24.7 Å². The van der Waals surface area contributed by atoms with E-state index in [1.807, 2.05) is 0 Å². The Bertz CT molecular complexity index is 1360. The maximum absolute atomic E-state index is 6.06. The largest absolute Gasteiger partial charge is 0.489 e. The van der Waals surface area contributed by atoms with Crippen LogP contribution in [0.15, 0.2) is 136 Å². The average Bonchev–Trinajstić information content (AvgIpc) is 2.95. The maximum atomic E-state index is 6.06. The standard InChI is InChI=1S/C32H24I3O2S/c33-25-5-1-23(2-6-25)21-36-28-11-17-31(18-12-28)38(30-15-9-27(35)10-16-30)32-19-13-29(14-20-32)37-22-24-3-7-26(34)8-4-24/h1-20H,21-22H2/q+1. The Morgan fingerprint density at radius 3 is 1.03 bits per heavy atom. The summed E-state index contributed by atoms with van der Waals surface area (Å²) in [5, 5.41) is 0. The van der Waals surface area contributed by atoms with Crippen LogP contribution in [0.4, 0.5) is 0 Å². The molecule has 0 radical (unpaired) electrons. The molecule has 190 valence electrons. The average molecular weight is 853 g/mol. The van der Waals surface area contributed by atoms with Gasteiger partial charge in [-0.15, -0.1) is 0 Å². The van der Waals surface area contributed by atoms with E-state index >= 15 is 0 Å². The molecule has 0 saturated heterocycles. The van der Waals surface area contributed by atoms with Crippen LogP contribution in [0.5, 0.6) is 11.5 Å². The first-order chi connectivity index (χ1) is 18.5. The Balaban J connectivity index is 1.33. The minimum Gasteiger partial charge on any atom is -0.489 e. The third-order valence-electron chi connectivity index (χ3n) is 5.81. The first kappa shape index (κ1) is 27.8. The van der Waals surface area contributed by atoms with Crippen LogP contribution in [0.3, 0.4) is 0 Å². The fourth-order valence-corrected chi connectivity index (χ4v) is 6.94. The van der Waals surface area contributed by atoms with Crippen molar-refractivity contribution in [2.24, 2.45) is 0 Å². The molecule has 0 unspecified atom stereocenters. The molecule has 0 amide bonds. The minimum atomic E-state index is -0.241. The Kier molecular flexibility index (Phi) is 9.90. The lowest BCUT2D eigenvalue weighted by molar-refractivity contribution is 0.306. The van der Waals surface area contributed by atoms with E-state index < -0.39 is 0 Å². The van der Waals surface area contributed by atoms with Gasteiger partial charge in [0.15, 0.2) is 14.7 Å². The summed E-state index contributed by atoms with van der Waals surface area (Å²) in [5.41, 5.74) is 2.33. The van der Waals surface area contributed by atoms with Crippen LogP contribution >= 0.6 is 67.8 Å². The first-order valence-electron chi connectivity index (χ1n) is 12.0. The molecule has 5 rings (SSSR count). The Morgan fingerprint density at radius 1 is 0.395 bits per heavy atom. The topological polar surface area (TPSA) is 18.5 Å². The molecule has 0 fully saturated rings. The number of ether oxygens (including phenoxy) is 2. The smallest absolute Gasteiger partial charge is 0.166 e. The number of rotatable bonds is 9. The molecule has 5 aromatic rings. The summed E-state index contributed by atoms with van der Waals surface area (Å²) in [4.78, 5) is 3.78. The molecule has 0 aromatic heterocycles. The fraction of sp³-hybridized carbons (Fsp3) is 0.0625. The molecule has 0 aliphatic rings. The molecule has 0 N–H and O–H groups in total. The van der Waals surface area contributed by atoms with Gasteiger partial charge in [0.2, 0.25) is 0 Å². The molecule has 0 spiro atoms. The van der Waals surface area contributed by atoms with Crippen molar-refractivity contribution in [2.45, 2.75) is 27.9 Å². The van der Waals surface area contributed by atoms with Crippen molar-refractivity contribution < 1.29 is 9.47 Å². The lowest BCUT2D eigenvalue weighted by atomic mass is 10.2. The van der Waals surface area contributed by atoms with E-state index in [-0.39, 0.29) is 10.9 Å². The second-order valence-corrected chi connectivity index (χ2v) is 14.3. The third kappa shape index (κ3) is 7.67. The highest BCUT2D eigenvalue weighted by molar-refractivity contribution is 14.1. The van der Waals surface area contributed by atoms with Gasteiger partial charge in [-0.3, -0.25) is 0 Å². The van der Waals surface area contributed by atoms with E-state index in [2.05, 4.69) is 189 Å². The van der Waals surface area contributed by atoms with Gasteiger partial charge in [-0.2, -0.15) is 0 Å². The highest BCUT2D eigenvalue weighted by Gasteiger charge is 2.28. The zero-order valence-corrected chi connectivity index (χ0v) is 27.6. The van der Waals surface area contributed by atoms with Crippen molar-refractivity contribution in [3.05, 3.63) is 143 Å². The van der Waals surface area contributed by atoms with Gasteiger partial charge in [-0.25, -0.2) is 0 Å². The van der Waals surface area contributed by atoms with Crippen LogP contribution in [0.1, 0.15) is 11.1 Å². The summed E-state index contributed by atoms with van der Waals surface area (Å²) in [7, 11) is -0.241. The lowest BCUT2D eigenvalue weighted by Gasteiger charge is -2.11. The van der Waals surface area contributed by atoms with Crippen molar-refractivity contribution >= 4 is 78.7 Å². The van der Waals surface area contributed by atoms with Gasteiger partial charge >= 0.3 is 0 Å². The molecule has 0 aliphatic carbocycles. The number of halogens is 3. The normalized spacial score (nSPS) is 10.9. The van der Waals surface area contributed by atoms with Crippen LogP contribution in [0.25, 0.3) is 0 Å². The van der Waals surface area contributed by atoms with E-state index in [1.165, 1.54) is 25.4 Å². The summed E-state index contributed by atoms with van der Waals surface area (Å²) in [6, 6.07) is 42.7. The van der Waals surface area contributed by atoms with E-state index in [1.54, 1.807) is 0 Å². The molecule has 6 heteroatoms. The lowest BCUT2D eigenvalue weighted by Crippen LogP contribution is -2.05. The van der Waals surface area contributed by atoms with Crippen LogP contribution in [0, 0.1) is 10.7 Å². The molecule has 0 saturated carbocycles. The predicted octanol–water partition coefficient (Wildman–Crippen LogP) is 9.75. The number of hydrogen-bond donors (Lipinski definition) is 0. The summed E-state index contributed by atoms with van der Waals surface area (Å²) < 4.78 is 15.8. The molecule has 2 nitrogen and oxygen atoms in total. The maximum Gasteiger partial charge on any atom is 0.166 e. The molecule has 0 aliphatic heterocycles. The van der Waals surface area contributed by atoms with Crippen molar-refractivity contribution in [2.75, 3.05) is 0 Å². The SMILES string of the molecule is Ic1ccc(COc2ccc([S+](c3ccc(I)cc3)c3ccc(OCc4ccc(I)cc4)cc3)cc2)cc1. The third-order valence-corrected chi connectivity index (χ3v) is 10.2.